The molecule has 116 valence electrons. The highest BCUT2D eigenvalue weighted by Gasteiger charge is 2.16. The molecular formula is C17H17N5O. The van der Waals surface area contributed by atoms with Crippen molar-refractivity contribution in [3.63, 3.8) is 0 Å². The van der Waals surface area contributed by atoms with E-state index in [-0.39, 0.29) is 0 Å². The van der Waals surface area contributed by atoms with Crippen LogP contribution in [-0.2, 0) is 4.84 Å². The van der Waals surface area contributed by atoms with Gasteiger partial charge in [-0.25, -0.2) is 4.99 Å². The zero-order chi connectivity index (χ0) is 16.5. The van der Waals surface area contributed by atoms with Crippen LogP contribution in [0.3, 0.4) is 0 Å². The van der Waals surface area contributed by atoms with Crippen LogP contribution in [0.15, 0.2) is 47.2 Å². The van der Waals surface area contributed by atoms with Gasteiger partial charge in [0.1, 0.15) is 12.1 Å². The Labute approximate surface area is 135 Å². The van der Waals surface area contributed by atoms with Gasteiger partial charge in [-0.15, -0.1) is 0 Å². The summed E-state index contributed by atoms with van der Waals surface area (Å²) in [6.45, 7) is 2.01. The van der Waals surface area contributed by atoms with Gasteiger partial charge < -0.3 is 4.84 Å². The molecule has 0 aliphatic carbocycles. The molecule has 0 radical (unpaired) electrons. The van der Waals surface area contributed by atoms with E-state index in [9.17, 15) is 5.26 Å². The molecule has 1 aromatic rings. The lowest BCUT2D eigenvalue weighted by Crippen LogP contribution is -2.37. The Morgan fingerprint density at radius 3 is 2.65 bits per heavy atom. The number of hydrazine groups is 1. The van der Waals surface area contributed by atoms with Crippen molar-refractivity contribution in [3.05, 3.63) is 53.3 Å². The van der Waals surface area contributed by atoms with Crippen molar-refractivity contribution in [1.82, 2.24) is 11.0 Å². The number of hydrogen-bond donors (Lipinski definition) is 2. The first kappa shape index (κ1) is 16.3. The number of nitriles is 2. The van der Waals surface area contributed by atoms with Crippen molar-refractivity contribution in [2.45, 2.75) is 26.2 Å². The molecule has 0 amide bonds. The van der Waals surface area contributed by atoms with Crippen LogP contribution in [-0.4, -0.2) is 5.84 Å². The predicted octanol–water partition coefficient (Wildman–Crippen LogP) is 2.93. The molecule has 6 heteroatoms. The molecule has 0 saturated heterocycles. The van der Waals surface area contributed by atoms with E-state index >= 15 is 0 Å². The van der Waals surface area contributed by atoms with Gasteiger partial charge in [0.25, 0.3) is 0 Å². The number of rotatable bonds is 5. The second-order valence-electron chi connectivity index (χ2n) is 4.81. The Balaban J connectivity index is 2.14. The molecule has 0 fully saturated rings. The molecule has 23 heavy (non-hydrogen) atoms. The lowest BCUT2D eigenvalue weighted by molar-refractivity contribution is 0.113. The van der Waals surface area contributed by atoms with E-state index in [1.165, 1.54) is 0 Å². The number of nitrogens with zero attached hydrogens (tertiary/aromatic N) is 3. The van der Waals surface area contributed by atoms with E-state index in [4.69, 9.17) is 10.1 Å². The zero-order valence-corrected chi connectivity index (χ0v) is 12.8. The van der Waals surface area contributed by atoms with Crippen molar-refractivity contribution < 1.29 is 4.84 Å². The summed E-state index contributed by atoms with van der Waals surface area (Å²) in [5.41, 5.74) is 8.11. The summed E-state index contributed by atoms with van der Waals surface area (Å²) in [5, 5.41) is 18.1. The number of allylic oxidation sites excluding steroid dienone is 2. The molecule has 0 bridgehead atoms. The summed E-state index contributed by atoms with van der Waals surface area (Å²) >= 11 is 0. The molecule has 0 aromatic heterocycles. The van der Waals surface area contributed by atoms with Crippen LogP contribution in [0, 0.1) is 22.7 Å². The molecule has 0 spiro atoms. The van der Waals surface area contributed by atoms with Crippen LogP contribution in [0.1, 0.15) is 37.3 Å². The highest BCUT2D eigenvalue weighted by Crippen LogP contribution is 2.27. The van der Waals surface area contributed by atoms with Crippen LogP contribution >= 0.6 is 0 Å². The average molecular weight is 307 g/mol. The minimum absolute atomic E-state index is 0.573. The van der Waals surface area contributed by atoms with Crippen LogP contribution in [0.2, 0.25) is 0 Å². The van der Waals surface area contributed by atoms with Crippen molar-refractivity contribution in [2.75, 3.05) is 0 Å². The second kappa shape index (κ2) is 8.38. The lowest BCUT2D eigenvalue weighted by Gasteiger charge is -2.17. The van der Waals surface area contributed by atoms with E-state index < -0.39 is 0 Å². The fraction of sp³-hybridized carbons (Fsp3) is 0.235. The van der Waals surface area contributed by atoms with Gasteiger partial charge in [0.15, 0.2) is 0 Å². The first-order chi connectivity index (χ1) is 11.3. The van der Waals surface area contributed by atoms with Gasteiger partial charge in [-0.3, -0.25) is 5.43 Å². The Kier molecular flexibility index (Phi) is 5.93. The van der Waals surface area contributed by atoms with E-state index in [0.717, 1.165) is 12.0 Å². The molecule has 1 aromatic carbocycles. The van der Waals surface area contributed by atoms with Crippen molar-refractivity contribution in [1.29, 1.82) is 10.5 Å². The Morgan fingerprint density at radius 2 is 2.00 bits per heavy atom. The van der Waals surface area contributed by atoms with Gasteiger partial charge in [-0.2, -0.15) is 10.5 Å². The van der Waals surface area contributed by atoms with Crippen molar-refractivity contribution in [2.24, 2.45) is 4.99 Å². The fourth-order valence-electron chi connectivity index (χ4n) is 2.03. The third-order valence-corrected chi connectivity index (χ3v) is 3.22. The van der Waals surface area contributed by atoms with Gasteiger partial charge >= 0.3 is 0 Å². The summed E-state index contributed by atoms with van der Waals surface area (Å²) in [5.74, 6) is 0.688. The Hall–Kier alpha value is -3.09. The molecule has 0 saturated carbocycles. The summed E-state index contributed by atoms with van der Waals surface area (Å²) in [6, 6.07) is 11.3. The Bertz CT molecular complexity index is 717. The Morgan fingerprint density at radius 1 is 1.22 bits per heavy atom. The number of hydrogen-bond acceptors (Lipinski definition) is 6. The van der Waals surface area contributed by atoms with E-state index in [2.05, 4.69) is 28.1 Å². The van der Waals surface area contributed by atoms with Gasteiger partial charge in [-0.1, -0.05) is 24.6 Å². The van der Waals surface area contributed by atoms with E-state index in [1.807, 2.05) is 13.0 Å². The summed E-state index contributed by atoms with van der Waals surface area (Å²) in [6.07, 6.45) is 5.53. The first-order valence-corrected chi connectivity index (χ1v) is 7.31. The maximum atomic E-state index is 9.28. The lowest BCUT2D eigenvalue weighted by atomic mass is 10.00. The number of amidine groups is 1. The highest BCUT2D eigenvalue weighted by atomic mass is 16.7. The van der Waals surface area contributed by atoms with E-state index in [0.29, 0.717) is 35.5 Å². The predicted molar refractivity (Wildman–Crippen MR) is 87.1 cm³/mol. The second-order valence-corrected chi connectivity index (χ2v) is 4.81. The van der Waals surface area contributed by atoms with Crippen LogP contribution < -0.4 is 11.0 Å². The number of nitrogens with one attached hydrogen (secondary N) is 2. The smallest absolute Gasteiger partial charge is 0.119 e. The monoisotopic (exact) mass is 307 g/mol. The summed E-state index contributed by atoms with van der Waals surface area (Å²) < 4.78 is 0. The van der Waals surface area contributed by atoms with Gasteiger partial charge in [0.05, 0.1) is 29.0 Å². The molecule has 2 rings (SSSR count). The molecular weight excluding hydrogens is 290 g/mol. The fourth-order valence-corrected chi connectivity index (χ4v) is 2.03. The summed E-state index contributed by atoms with van der Waals surface area (Å²) in [4.78, 5) is 9.55. The first-order valence-electron chi connectivity index (χ1n) is 7.31. The molecule has 2 N–H and O–H groups in total. The maximum absolute atomic E-state index is 9.28. The largest absolute Gasteiger partial charge is 0.397 e. The molecule has 1 heterocycles. The van der Waals surface area contributed by atoms with Crippen LogP contribution in [0.5, 0.6) is 0 Å². The van der Waals surface area contributed by atoms with Gasteiger partial charge in [0, 0.05) is 12.0 Å². The summed E-state index contributed by atoms with van der Waals surface area (Å²) in [7, 11) is 0. The zero-order valence-electron chi connectivity index (χ0n) is 12.8. The molecule has 0 unspecified atom stereocenters. The van der Waals surface area contributed by atoms with Crippen molar-refractivity contribution in [3.8, 4) is 12.1 Å². The minimum Gasteiger partial charge on any atom is -0.397 e. The normalized spacial score (nSPS) is 14.1. The van der Waals surface area contributed by atoms with Crippen LogP contribution in [0.4, 0.5) is 0 Å². The molecule has 1 aliphatic heterocycles. The highest BCUT2D eigenvalue weighted by molar-refractivity contribution is 5.91. The third-order valence-electron chi connectivity index (χ3n) is 3.22. The van der Waals surface area contributed by atoms with Gasteiger partial charge in [-0.05, 0) is 31.1 Å². The van der Waals surface area contributed by atoms with Crippen LogP contribution in [0.25, 0.3) is 5.70 Å². The SMILES string of the molecule is CC/C=C\ONNC1=NC(c2ccc(C#N)cc2)=C(C#N)CC1. The third kappa shape index (κ3) is 4.44. The van der Waals surface area contributed by atoms with E-state index in [1.54, 1.807) is 30.5 Å². The molecule has 0 atom stereocenters. The number of aliphatic imine (C=N–C) groups is 1. The topological polar surface area (TPSA) is 93.2 Å². The molecule has 6 nitrogen and oxygen atoms in total. The maximum Gasteiger partial charge on any atom is 0.119 e. The average Bonchev–Trinajstić information content (AvgIpc) is 2.61. The molecule has 1 aliphatic rings. The van der Waals surface area contributed by atoms with Crippen molar-refractivity contribution >= 4 is 11.5 Å². The van der Waals surface area contributed by atoms with Gasteiger partial charge in [0.2, 0.25) is 0 Å². The standard InChI is InChI=1S/C17H17N5O/c1-2-3-10-23-22-21-16-9-8-15(12-19)17(20-16)14-6-4-13(11-18)5-7-14/h3-7,10,22H,2,8-9H2,1H3,(H,20,21)/b10-3-. The quantitative estimate of drug-likeness (QED) is 0.495. The minimum atomic E-state index is 0.573. The number of benzene rings is 1.